The van der Waals surface area contributed by atoms with E-state index in [1.165, 1.54) is 0 Å². The van der Waals surface area contributed by atoms with E-state index in [0.717, 1.165) is 12.0 Å². The highest BCUT2D eigenvalue weighted by atomic mass is 16.5. The maximum atomic E-state index is 5.30. The number of hydrogen-bond acceptors (Lipinski definition) is 1. The molecule has 1 rings (SSSR count). The first-order valence-electron chi connectivity index (χ1n) is 5.20. The summed E-state index contributed by atoms with van der Waals surface area (Å²) in [6.45, 7) is 3.24. The van der Waals surface area contributed by atoms with Gasteiger partial charge in [-0.2, -0.15) is 0 Å². The first kappa shape index (κ1) is 11.6. The van der Waals surface area contributed by atoms with Gasteiger partial charge in [0.25, 0.3) is 0 Å². The number of hydrogen-bond donors (Lipinski definition) is 0. The molecule has 0 atom stereocenters. The molecule has 0 aliphatic heterocycles. The van der Waals surface area contributed by atoms with Gasteiger partial charge in [0.1, 0.15) is 6.61 Å². The largest absolute Gasteiger partial charge is 0.365 e. The van der Waals surface area contributed by atoms with Crippen LogP contribution in [0.1, 0.15) is 18.9 Å². The Hall–Kier alpha value is -1.52. The van der Waals surface area contributed by atoms with Crippen molar-refractivity contribution in [1.29, 1.82) is 0 Å². The van der Waals surface area contributed by atoms with Gasteiger partial charge in [0.05, 0.1) is 6.61 Å². The number of rotatable bonds is 4. The second-order valence-corrected chi connectivity index (χ2v) is 3.06. The summed E-state index contributed by atoms with van der Waals surface area (Å²) in [5.74, 6) is 6.01. The van der Waals surface area contributed by atoms with E-state index in [4.69, 9.17) is 4.74 Å². The molecule has 0 unspecified atom stereocenters. The van der Waals surface area contributed by atoms with Crippen molar-refractivity contribution in [3.63, 3.8) is 0 Å². The van der Waals surface area contributed by atoms with Gasteiger partial charge in [-0.3, -0.25) is 0 Å². The Bertz CT molecular complexity index is 341. The average molecular weight is 200 g/mol. The molecule has 15 heavy (non-hydrogen) atoms. The third-order valence-corrected chi connectivity index (χ3v) is 1.80. The minimum Gasteiger partial charge on any atom is -0.365 e. The second-order valence-electron chi connectivity index (χ2n) is 3.06. The van der Waals surface area contributed by atoms with Crippen molar-refractivity contribution in [1.82, 2.24) is 0 Å². The molecule has 1 aromatic carbocycles. The Morgan fingerprint density at radius 3 is 2.73 bits per heavy atom. The molecule has 0 amide bonds. The Morgan fingerprint density at radius 1 is 1.20 bits per heavy atom. The van der Waals surface area contributed by atoms with Crippen LogP contribution in [0, 0.1) is 11.8 Å². The van der Waals surface area contributed by atoms with Crippen molar-refractivity contribution >= 4 is 0 Å². The predicted octanol–water partition coefficient (Wildman–Crippen LogP) is 3.02. The van der Waals surface area contributed by atoms with E-state index in [0.29, 0.717) is 13.2 Å². The highest BCUT2D eigenvalue weighted by Crippen LogP contribution is 1.94. The summed E-state index contributed by atoms with van der Waals surface area (Å²) in [6.07, 6.45) is 5.16. The van der Waals surface area contributed by atoms with Crippen molar-refractivity contribution in [2.24, 2.45) is 0 Å². The molecule has 0 aliphatic carbocycles. The van der Waals surface area contributed by atoms with Crippen LogP contribution in [-0.4, -0.2) is 13.2 Å². The molecular weight excluding hydrogens is 184 g/mol. The molecule has 0 saturated carbocycles. The molecule has 0 aromatic heterocycles. The number of benzene rings is 1. The molecule has 0 fully saturated rings. The Balaban J connectivity index is 2.20. The van der Waals surface area contributed by atoms with Gasteiger partial charge in [-0.25, -0.2) is 0 Å². The Kier molecular flexibility index (Phi) is 6.04. The summed E-state index contributed by atoms with van der Waals surface area (Å²) in [5.41, 5.74) is 1.03. The Morgan fingerprint density at radius 2 is 2.00 bits per heavy atom. The fraction of sp³-hybridized carbons (Fsp3) is 0.286. The molecule has 1 aromatic rings. The van der Waals surface area contributed by atoms with Crippen LogP contribution in [0.4, 0.5) is 0 Å². The molecule has 0 radical (unpaired) electrons. The van der Waals surface area contributed by atoms with Gasteiger partial charge in [0.15, 0.2) is 0 Å². The summed E-state index contributed by atoms with van der Waals surface area (Å²) >= 11 is 0. The quantitative estimate of drug-likeness (QED) is 0.412. The lowest BCUT2D eigenvalue weighted by atomic mass is 10.2. The minimum atomic E-state index is 0.489. The molecule has 0 spiro atoms. The molecular formula is C14H16O. The van der Waals surface area contributed by atoms with Crippen molar-refractivity contribution in [2.75, 3.05) is 13.2 Å². The van der Waals surface area contributed by atoms with E-state index in [9.17, 15) is 0 Å². The van der Waals surface area contributed by atoms with Crippen molar-refractivity contribution in [3.05, 3.63) is 48.0 Å². The van der Waals surface area contributed by atoms with Crippen LogP contribution < -0.4 is 0 Å². The lowest BCUT2D eigenvalue weighted by Crippen LogP contribution is -1.90. The second kappa shape index (κ2) is 7.84. The molecule has 1 nitrogen and oxygen atoms in total. The first-order chi connectivity index (χ1) is 7.43. The standard InChI is InChI=1S/C14H16O/c1-2-3-7-12-15-13-8-11-14-9-5-4-6-10-14/h3-7,9-10H,2,12-13H2,1H3. The van der Waals surface area contributed by atoms with Crippen LogP contribution in [0.5, 0.6) is 0 Å². The summed E-state index contributed by atoms with van der Waals surface area (Å²) in [7, 11) is 0. The van der Waals surface area contributed by atoms with E-state index >= 15 is 0 Å². The van der Waals surface area contributed by atoms with Gasteiger partial charge < -0.3 is 4.74 Å². The topological polar surface area (TPSA) is 9.23 Å². The molecule has 0 heterocycles. The SMILES string of the molecule is CCC=CCOCC#Cc1ccccc1. The van der Waals surface area contributed by atoms with Crippen LogP contribution in [0.25, 0.3) is 0 Å². The molecule has 1 heteroatoms. The highest BCUT2D eigenvalue weighted by Gasteiger charge is 1.81. The maximum Gasteiger partial charge on any atom is 0.108 e. The van der Waals surface area contributed by atoms with Gasteiger partial charge in [0, 0.05) is 5.56 Å². The van der Waals surface area contributed by atoms with E-state index < -0.39 is 0 Å². The van der Waals surface area contributed by atoms with Crippen molar-refractivity contribution in [2.45, 2.75) is 13.3 Å². The zero-order chi connectivity index (χ0) is 10.8. The fourth-order valence-corrected chi connectivity index (χ4v) is 1.07. The summed E-state index contributed by atoms with van der Waals surface area (Å²) < 4.78 is 5.30. The van der Waals surface area contributed by atoms with E-state index in [2.05, 4.69) is 24.8 Å². The maximum absolute atomic E-state index is 5.30. The lowest BCUT2D eigenvalue weighted by molar-refractivity contribution is 0.199. The molecule has 78 valence electrons. The molecule has 0 N–H and O–H groups in total. The normalized spacial score (nSPS) is 9.93. The zero-order valence-corrected chi connectivity index (χ0v) is 9.07. The summed E-state index contributed by atoms with van der Waals surface area (Å²) in [4.78, 5) is 0. The molecule has 0 saturated heterocycles. The zero-order valence-electron chi connectivity index (χ0n) is 9.07. The van der Waals surface area contributed by atoms with Crippen LogP contribution in [0.2, 0.25) is 0 Å². The van der Waals surface area contributed by atoms with Crippen LogP contribution >= 0.6 is 0 Å². The van der Waals surface area contributed by atoms with Crippen LogP contribution in [0.15, 0.2) is 42.5 Å². The van der Waals surface area contributed by atoms with E-state index in [-0.39, 0.29) is 0 Å². The van der Waals surface area contributed by atoms with Crippen LogP contribution in [-0.2, 0) is 4.74 Å². The van der Waals surface area contributed by atoms with E-state index in [1.54, 1.807) is 0 Å². The molecule has 0 aliphatic rings. The fourth-order valence-electron chi connectivity index (χ4n) is 1.07. The van der Waals surface area contributed by atoms with Gasteiger partial charge >= 0.3 is 0 Å². The average Bonchev–Trinajstić information content (AvgIpc) is 2.29. The third kappa shape index (κ3) is 5.72. The highest BCUT2D eigenvalue weighted by molar-refractivity contribution is 5.33. The van der Waals surface area contributed by atoms with Gasteiger partial charge in [0.2, 0.25) is 0 Å². The Labute approximate surface area is 91.8 Å². The van der Waals surface area contributed by atoms with Gasteiger partial charge in [-0.1, -0.05) is 49.1 Å². The predicted molar refractivity (Wildman–Crippen MR) is 63.6 cm³/mol. The van der Waals surface area contributed by atoms with Crippen LogP contribution in [0.3, 0.4) is 0 Å². The van der Waals surface area contributed by atoms with Crippen molar-refractivity contribution in [3.8, 4) is 11.8 Å². The number of allylic oxidation sites excluding steroid dienone is 1. The van der Waals surface area contributed by atoms with Gasteiger partial charge in [-0.15, -0.1) is 0 Å². The molecule has 0 bridgehead atoms. The monoisotopic (exact) mass is 200 g/mol. The third-order valence-electron chi connectivity index (χ3n) is 1.80. The summed E-state index contributed by atoms with van der Waals surface area (Å²) in [5, 5.41) is 0. The minimum absolute atomic E-state index is 0.489. The first-order valence-corrected chi connectivity index (χ1v) is 5.20. The summed E-state index contributed by atoms with van der Waals surface area (Å²) in [6, 6.07) is 9.93. The lowest BCUT2D eigenvalue weighted by Gasteiger charge is -1.92. The van der Waals surface area contributed by atoms with Crippen molar-refractivity contribution < 1.29 is 4.74 Å². The smallest absolute Gasteiger partial charge is 0.108 e. The van der Waals surface area contributed by atoms with Gasteiger partial charge in [-0.05, 0) is 18.6 Å². The van der Waals surface area contributed by atoms with E-state index in [1.807, 2.05) is 36.4 Å². The number of ether oxygens (including phenoxy) is 1.